The first-order valence-corrected chi connectivity index (χ1v) is 8.30. The zero-order valence-corrected chi connectivity index (χ0v) is 14.2. The van der Waals surface area contributed by atoms with Gasteiger partial charge in [-0.25, -0.2) is 0 Å². The minimum atomic E-state index is -0.947. The molecule has 0 saturated heterocycles. The summed E-state index contributed by atoms with van der Waals surface area (Å²) < 4.78 is 5.34. The van der Waals surface area contributed by atoms with Crippen molar-refractivity contribution < 1.29 is 19.1 Å². The molecule has 0 aromatic heterocycles. The molecule has 0 radical (unpaired) electrons. The number of anilines is 2. The molecule has 26 heavy (non-hydrogen) atoms. The zero-order valence-electron chi connectivity index (χ0n) is 14.2. The van der Waals surface area contributed by atoms with Crippen LogP contribution >= 0.6 is 0 Å². The molecule has 0 saturated carbocycles. The summed E-state index contributed by atoms with van der Waals surface area (Å²) in [7, 11) is 0. The van der Waals surface area contributed by atoms with Gasteiger partial charge in [-0.3, -0.25) is 14.4 Å². The van der Waals surface area contributed by atoms with Crippen molar-refractivity contribution in [2.24, 2.45) is 0 Å². The smallest absolute Gasteiger partial charge is 0.254 e. The lowest BCUT2D eigenvalue weighted by Crippen LogP contribution is -2.43. The summed E-state index contributed by atoms with van der Waals surface area (Å²) in [5.41, 5.74) is 1.39. The maximum Gasteiger partial charge on any atom is 0.254 e. The highest BCUT2D eigenvalue weighted by Gasteiger charge is 2.29. The molecule has 0 unspecified atom stereocenters. The lowest BCUT2D eigenvalue weighted by Gasteiger charge is -2.14. The second kappa shape index (κ2) is 7.69. The third-order valence-electron chi connectivity index (χ3n) is 3.89. The minimum Gasteiger partial charge on any atom is -0.494 e. The van der Waals surface area contributed by atoms with Gasteiger partial charge in [0.05, 0.1) is 24.3 Å². The van der Waals surface area contributed by atoms with Crippen LogP contribution in [0.3, 0.4) is 0 Å². The standard InChI is InChI=1S/C19H19N3O4/c1-2-26-13-9-7-12(8-10-13)20-17(23)11-16-19(25)21-15-6-4-3-5-14(15)18(24)22-16/h3-10,16H,2,11H2,1H3,(H,20,23)(H,21,25)(H,22,24)/t16-/m1/s1. The normalized spacial score (nSPS) is 16.0. The van der Waals surface area contributed by atoms with Crippen LogP contribution in [0.2, 0.25) is 0 Å². The molecule has 1 heterocycles. The largest absolute Gasteiger partial charge is 0.494 e. The maximum atomic E-state index is 12.3. The highest BCUT2D eigenvalue weighted by Crippen LogP contribution is 2.19. The molecular weight excluding hydrogens is 334 g/mol. The van der Waals surface area contributed by atoms with Gasteiger partial charge in [-0.05, 0) is 43.3 Å². The number of carbonyl (C=O) groups excluding carboxylic acids is 3. The number of para-hydroxylation sites is 1. The van der Waals surface area contributed by atoms with Crippen molar-refractivity contribution in [1.29, 1.82) is 0 Å². The molecule has 2 aromatic carbocycles. The Morgan fingerprint density at radius 1 is 1.12 bits per heavy atom. The average Bonchev–Trinajstić information content (AvgIpc) is 2.74. The summed E-state index contributed by atoms with van der Waals surface area (Å²) in [5, 5.41) is 7.98. The van der Waals surface area contributed by atoms with Gasteiger partial charge in [0.1, 0.15) is 11.8 Å². The Balaban J connectivity index is 1.64. The topological polar surface area (TPSA) is 96.5 Å². The first kappa shape index (κ1) is 17.5. The van der Waals surface area contributed by atoms with Gasteiger partial charge in [-0.2, -0.15) is 0 Å². The summed E-state index contributed by atoms with van der Waals surface area (Å²) in [4.78, 5) is 36.8. The number of carbonyl (C=O) groups is 3. The zero-order chi connectivity index (χ0) is 18.5. The third kappa shape index (κ3) is 4.00. The molecule has 0 fully saturated rings. The van der Waals surface area contributed by atoms with Crippen LogP contribution in [0.5, 0.6) is 5.75 Å². The average molecular weight is 353 g/mol. The summed E-state index contributed by atoms with van der Waals surface area (Å²) in [6.07, 6.45) is -0.168. The van der Waals surface area contributed by atoms with E-state index in [2.05, 4.69) is 16.0 Å². The van der Waals surface area contributed by atoms with Crippen LogP contribution in [0.1, 0.15) is 23.7 Å². The van der Waals surface area contributed by atoms with Crippen molar-refractivity contribution in [3.05, 3.63) is 54.1 Å². The number of fused-ring (bicyclic) bond motifs is 1. The fourth-order valence-corrected chi connectivity index (χ4v) is 2.65. The van der Waals surface area contributed by atoms with E-state index in [4.69, 9.17) is 4.74 Å². The number of hydrogen-bond acceptors (Lipinski definition) is 4. The van der Waals surface area contributed by atoms with Crippen LogP contribution < -0.4 is 20.7 Å². The molecular formula is C19H19N3O4. The molecule has 3 rings (SSSR count). The van der Waals surface area contributed by atoms with Crippen LogP contribution in [0.25, 0.3) is 0 Å². The van der Waals surface area contributed by atoms with Gasteiger partial charge in [0.25, 0.3) is 5.91 Å². The van der Waals surface area contributed by atoms with Crippen LogP contribution in [-0.4, -0.2) is 30.4 Å². The van der Waals surface area contributed by atoms with E-state index in [1.54, 1.807) is 48.5 Å². The van der Waals surface area contributed by atoms with Gasteiger partial charge in [0.2, 0.25) is 11.8 Å². The van der Waals surface area contributed by atoms with E-state index in [1.807, 2.05) is 6.92 Å². The Morgan fingerprint density at radius 3 is 2.58 bits per heavy atom. The molecule has 0 aliphatic carbocycles. The van der Waals surface area contributed by atoms with Crippen molar-refractivity contribution in [1.82, 2.24) is 5.32 Å². The molecule has 0 spiro atoms. The van der Waals surface area contributed by atoms with Crippen molar-refractivity contribution in [2.75, 3.05) is 17.2 Å². The summed E-state index contributed by atoms with van der Waals surface area (Å²) >= 11 is 0. The van der Waals surface area contributed by atoms with E-state index in [-0.39, 0.29) is 12.3 Å². The molecule has 3 amide bonds. The molecule has 7 heteroatoms. The van der Waals surface area contributed by atoms with Crippen LogP contribution in [0, 0.1) is 0 Å². The Kier molecular flexibility index (Phi) is 5.17. The number of amides is 3. The Labute approximate surface area is 150 Å². The van der Waals surface area contributed by atoms with Crippen LogP contribution in [0.4, 0.5) is 11.4 Å². The third-order valence-corrected chi connectivity index (χ3v) is 3.89. The second-order valence-corrected chi connectivity index (χ2v) is 5.77. The predicted octanol–water partition coefficient (Wildman–Crippen LogP) is 2.16. The number of rotatable bonds is 5. The molecule has 3 N–H and O–H groups in total. The van der Waals surface area contributed by atoms with E-state index in [9.17, 15) is 14.4 Å². The second-order valence-electron chi connectivity index (χ2n) is 5.77. The fourth-order valence-electron chi connectivity index (χ4n) is 2.65. The van der Waals surface area contributed by atoms with Crippen LogP contribution in [-0.2, 0) is 9.59 Å². The fraction of sp³-hybridized carbons (Fsp3) is 0.211. The van der Waals surface area contributed by atoms with Crippen molar-refractivity contribution in [2.45, 2.75) is 19.4 Å². The summed E-state index contributed by atoms with van der Waals surface area (Å²) in [6.45, 7) is 2.45. The minimum absolute atomic E-state index is 0.168. The van der Waals surface area contributed by atoms with E-state index in [0.717, 1.165) is 0 Å². The molecule has 134 valence electrons. The van der Waals surface area contributed by atoms with E-state index in [0.29, 0.717) is 29.3 Å². The SMILES string of the molecule is CCOc1ccc(NC(=O)C[C@H]2NC(=O)c3ccccc3NC2=O)cc1. The lowest BCUT2D eigenvalue weighted by atomic mass is 10.1. The number of hydrogen-bond donors (Lipinski definition) is 3. The molecule has 7 nitrogen and oxygen atoms in total. The summed E-state index contributed by atoms with van der Waals surface area (Å²) in [6, 6.07) is 12.7. The first-order chi connectivity index (χ1) is 12.6. The molecule has 2 aromatic rings. The van der Waals surface area contributed by atoms with E-state index >= 15 is 0 Å². The maximum absolute atomic E-state index is 12.3. The molecule has 1 atom stereocenters. The van der Waals surface area contributed by atoms with Gasteiger partial charge < -0.3 is 20.7 Å². The monoisotopic (exact) mass is 353 g/mol. The molecule has 1 aliphatic heterocycles. The van der Waals surface area contributed by atoms with E-state index in [1.165, 1.54) is 0 Å². The summed E-state index contributed by atoms with van der Waals surface area (Å²) in [5.74, 6) is -0.484. The van der Waals surface area contributed by atoms with Gasteiger partial charge >= 0.3 is 0 Å². The Morgan fingerprint density at radius 2 is 1.85 bits per heavy atom. The first-order valence-electron chi connectivity index (χ1n) is 8.30. The number of benzene rings is 2. The predicted molar refractivity (Wildman–Crippen MR) is 97.2 cm³/mol. The Bertz CT molecular complexity index is 833. The molecule has 0 bridgehead atoms. The Hall–Kier alpha value is -3.35. The molecule has 1 aliphatic rings. The van der Waals surface area contributed by atoms with Crippen molar-refractivity contribution >= 4 is 29.1 Å². The van der Waals surface area contributed by atoms with Gasteiger partial charge in [0.15, 0.2) is 0 Å². The van der Waals surface area contributed by atoms with Gasteiger partial charge in [-0.15, -0.1) is 0 Å². The number of ether oxygens (including phenoxy) is 1. The quantitative estimate of drug-likeness (QED) is 0.767. The lowest BCUT2D eigenvalue weighted by molar-refractivity contribution is -0.122. The van der Waals surface area contributed by atoms with Crippen LogP contribution in [0.15, 0.2) is 48.5 Å². The van der Waals surface area contributed by atoms with Gasteiger partial charge in [-0.1, -0.05) is 12.1 Å². The number of nitrogens with one attached hydrogen (secondary N) is 3. The van der Waals surface area contributed by atoms with Gasteiger partial charge in [0, 0.05) is 5.69 Å². The highest BCUT2D eigenvalue weighted by molar-refractivity contribution is 6.11. The van der Waals surface area contributed by atoms with Crippen molar-refractivity contribution in [3.8, 4) is 5.75 Å². The van der Waals surface area contributed by atoms with E-state index < -0.39 is 17.9 Å². The highest BCUT2D eigenvalue weighted by atomic mass is 16.5. The van der Waals surface area contributed by atoms with Crippen molar-refractivity contribution in [3.63, 3.8) is 0 Å².